The van der Waals surface area contributed by atoms with Crippen molar-refractivity contribution in [3.8, 4) is 10.4 Å². The van der Waals surface area contributed by atoms with Crippen LogP contribution >= 0.6 is 11.3 Å². The molecule has 3 aromatic rings. The fourth-order valence-corrected chi connectivity index (χ4v) is 5.48. The molecule has 1 fully saturated rings. The Morgan fingerprint density at radius 3 is 2.42 bits per heavy atom. The first-order valence-corrected chi connectivity index (χ1v) is 12.4. The third-order valence-corrected chi connectivity index (χ3v) is 7.87. The number of thiophene rings is 1. The van der Waals surface area contributed by atoms with Gasteiger partial charge in [0, 0.05) is 35.4 Å². The normalized spacial score (nSPS) is 20.4. The standard InChI is InChI=1S/C27H32N2O3S/c1-19(28)24-13-14-25(33-24)22-11-9-21(10-12-22)20(2)29-17-16-27(15-6-18-30,32-26(29)31)23-7-4-3-5-8-23/h3-5,7-14,19-20,30H,6,15-18,28H2,1-2H3/t19-,20?,27+/m0/s1. The number of nitrogens with zero attached hydrogens (tertiary/aromatic N) is 1. The Kier molecular flexibility index (Phi) is 7.17. The zero-order valence-corrected chi connectivity index (χ0v) is 20.1. The topological polar surface area (TPSA) is 75.8 Å². The molecule has 3 N–H and O–H groups in total. The predicted octanol–water partition coefficient (Wildman–Crippen LogP) is 6.01. The molecule has 0 aliphatic carbocycles. The number of ether oxygens (including phenoxy) is 1. The minimum atomic E-state index is -0.682. The number of cyclic esters (lactones) is 1. The maximum absolute atomic E-state index is 13.1. The molecule has 0 bridgehead atoms. The molecule has 1 aliphatic rings. The molecule has 1 aromatic heterocycles. The first-order valence-electron chi connectivity index (χ1n) is 11.6. The summed E-state index contributed by atoms with van der Waals surface area (Å²) in [6, 6.07) is 22.4. The van der Waals surface area contributed by atoms with Crippen LogP contribution in [0.5, 0.6) is 0 Å². The highest BCUT2D eigenvalue weighted by Gasteiger charge is 2.43. The van der Waals surface area contributed by atoms with Crippen molar-refractivity contribution in [2.75, 3.05) is 13.2 Å². The van der Waals surface area contributed by atoms with Gasteiger partial charge in [-0.2, -0.15) is 0 Å². The van der Waals surface area contributed by atoms with Crippen molar-refractivity contribution in [3.63, 3.8) is 0 Å². The van der Waals surface area contributed by atoms with Gasteiger partial charge in [0.1, 0.15) is 5.60 Å². The third-order valence-electron chi connectivity index (χ3n) is 6.53. The van der Waals surface area contributed by atoms with Gasteiger partial charge < -0.3 is 20.5 Å². The molecule has 33 heavy (non-hydrogen) atoms. The van der Waals surface area contributed by atoms with Crippen LogP contribution in [0.15, 0.2) is 66.7 Å². The molecule has 0 spiro atoms. The van der Waals surface area contributed by atoms with E-state index in [0.717, 1.165) is 16.7 Å². The van der Waals surface area contributed by atoms with Crippen molar-refractivity contribution in [3.05, 3.63) is 82.7 Å². The number of hydrogen-bond acceptors (Lipinski definition) is 5. The summed E-state index contributed by atoms with van der Waals surface area (Å²) in [5, 5.41) is 9.39. The van der Waals surface area contributed by atoms with Gasteiger partial charge in [0.2, 0.25) is 0 Å². The second-order valence-corrected chi connectivity index (χ2v) is 9.90. The molecule has 0 saturated carbocycles. The summed E-state index contributed by atoms with van der Waals surface area (Å²) in [5.41, 5.74) is 8.53. The average molecular weight is 465 g/mol. The second-order valence-electron chi connectivity index (χ2n) is 8.79. The van der Waals surface area contributed by atoms with Crippen molar-refractivity contribution >= 4 is 17.4 Å². The fourth-order valence-electron chi connectivity index (χ4n) is 4.51. The highest BCUT2D eigenvalue weighted by Crippen LogP contribution is 2.40. The number of aliphatic hydroxyl groups is 1. The second kappa shape index (κ2) is 10.1. The summed E-state index contributed by atoms with van der Waals surface area (Å²) in [6.07, 6.45) is 1.59. The van der Waals surface area contributed by atoms with Crippen molar-refractivity contribution in [2.24, 2.45) is 5.73 Å². The van der Waals surface area contributed by atoms with Crippen LogP contribution < -0.4 is 5.73 Å². The highest BCUT2D eigenvalue weighted by molar-refractivity contribution is 7.15. The van der Waals surface area contributed by atoms with Gasteiger partial charge in [-0.25, -0.2) is 4.79 Å². The lowest BCUT2D eigenvalue weighted by Crippen LogP contribution is -2.48. The van der Waals surface area contributed by atoms with Crippen molar-refractivity contribution in [2.45, 2.75) is 50.8 Å². The van der Waals surface area contributed by atoms with Gasteiger partial charge >= 0.3 is 6.09 Å². The summed E-state index contributed by atoms with van der Waals surface area (Å²) in [6.45, 7) is 4.71. The van der Waals surface area contributed by atoms with Crippen molar-refractivity contribution < 1.29 is 14.6 Å². The van der Waals surface area contributed by atoms with E-state index in [0.29, 0.717) is 25.8 Å². The van der Waals surface area contributed by atoms with Gasteiger partial charge in [-0.15, -0.1) is 11.3 Å². The van der Waals surface area contributed by atoms with E-state index < -0.39 is 5.60 Å². The lowest BCUT2D eigenvalue weighted by molar-refractivity contribution is -0.0680. The number of benzene rings is 2. The SMILES string of the molecule is CC(c1ccc(-c2ccc([C@H](C)N)s2)cc1)N1CC[C@](CCCO)(c2ccccc2)OC1=O. The van der Waals surface area contributed by atoms with Gasteiger partial charge in [0.25, 0.3) is 0 Å². The summed E-state index contributed by atoms with van der Waals surface area (Å²) >= 11 is 1.71. The van der Waals surface area contributed by atoms with Gasteiger partial charge in [0.15, 0.2) is 0 Å². The Bertz CT molecular complexity index is 1060. The van der Waals surface area contributed by atoms with Crippen LogP contribution in [0.3, 0.4) is 0 Å². The van der Waals surface area contributed by atoms with Crippen LogP contribution in [-0.2, 0) is 10.3 Å². The minimum Gasteiger partial charge on any atom is -0.438 e. The van der Waals surface area contributed by atoms with E-state index >= 15 is 0 Å². The van der Waals surface area contributed by atoms with E-state index in [1.165, 1.54) is 9.75 Å². The van der Waals surface area contributed by atoms with E-state index in [2.05, 4.69) is 36.4 Å². The van der Waals surface area contributed by atoms with Gasteiger partial charge in [0.05, 0.1) is 6.04 Å². The maximum Gasteiger partial charge on any atom is 0.411 e. The molecule has 3 atom stereocenters. The van der Waals surface area contributed by atoms with Gasteiger partial charge in [-0.1, -0.05) is 54.6 Å². The Balaban J connectivity index is 1.49. The quantitative estimate of drug-likeness (QED) is 0.428. The lowest BCUT2D eigenvalue weighted by atomic mass is 9.84. The number of carbonyl (C=O) groups is 1. The van der Waals surface area contributed by atoms with Crippen LogP contribution in [0.4, 0.5) is 4.79 Å². The number of carbonyl (C=O) groups excluding carboxylic acids is 1. The number of aliphatic hydroxyl groups excluding tert-OH is 1. The van der Waals surface area contributed by atoms with Crippen LogP contribution in [0.2, 0.25) is 0 Å². The molecule has 6 heteroatoms. The maximum atomic E-state index is 13.1. The predicted molar refractivity (Wildman–Crippen MR) is 133 cm³/mol. The van der Waals surface area contributed by atoms with E-state index in [9.17, 15) is 9.90 Å². The number of amides is 1. The van der Waals surface area contributed by atoms with Crippen LogP contribution in [-0.4, -0.2) is 29.3 Å². The molecule has 1 unspecified atom stereocenters. The summed E-state index contributed by atoms with van der Waals surface area (Å²) in [4.78, 5) is 17.3. The summed E-state index contributed by atoms with van der Waals surface area (Å²) < 4.78 is 6.10. The molecule has 4 rings (SSSR count). The molecule has 1 amide bonds. The molecule has 2 heterocycles. The van der Waals surface area contributed by atoms with Gasteiger partial charge in [-0.05, 0) is 55.5 Å². The molecule has 5 nitrogen and oxygen atoms in total. The van der Waals surface area contributed by atoms with E-state index in [4.69, 9.17) is 10.5 Å². The molecule has 2 aromatic carbocycles. The zero-order valence-electron chi connectivity index (χ0n) is 19.2. The summed E-state index contributed by atoms with van der Waals surface area (Å²) in [7, 11) is 0. The number of nitrogens with two attached hydrogens (primary N) is 1. The monoisotopic (exact) mass is 464 g/mol. The fraction of sp³-hybridized carbons (Fsp3) is 0.370. The first kappa shape index (κ1) is 23.5. The van der Waals surface area contributed by atoms with E-state index in [-0.39, 0.29) is 24.8 Å². The first-order chi connectivity index (χ1) is 15.9. The number of rotatable bonds is 8. The zero-order chi connectivity index (χ0) is 23.4. The Morgan fingerprint density at radius 2 is 1.82 bits per heavy atom. The van der Waals surface area contributed by atoms with Gasteiger partial charge in [-0.3, -0.25) is 0 Å². The largest absolute Gasteiger partial charge is 0.438 e. The van der Waals surface area contributed by atoms with Crippen LogP contribution in [0.25, 0.3) is 10.4 Å². The average Bonchev–Trinajstić information content (AvgIpc) is 3.34. The minimum absolute atomic E-state index is 0.0357. The Hall–Kier alpha value is -2.67. The third kappa shape index (κ3) is 4.98. The molecule has 1 aliphatic heterocycles. The van der Waals surface area contributed by atoms with E-state index in [1.54, 1.807) is 16.2 Å². The van der Waals surface area contributed by atoms with Crippen LogP contribution in [0, 0.1) is 0 Å². The molecular formula is C27H32N2O3S. The molecule has 0 radical (unpaired) electrons. The summed E-state index contributed by atoms with van der Waals surface area (Å²) in [5.74, 6) is 0. The lowest BCUT2D eigenvalue weighted by Gasteiger charge is -2.43. The molecule has 1 saturated heterocycles. The van der Waals surface area contributed by atoms with E-state index in [1.807, 2.05) is 44.2 Å². The van der Waals surface area contributed by atoms with Crippen molar-refractivity contribution in [1.82, 2.24) is 4.90 Å². The Morgan fingerprint density at radius 1 is 1.09 bits per heavy atom. The Labute approximate surface area is 199 Å². The van der Waals surface area contributed by atoms with Crippen LogP contribution in [0.1, 0.15) is 61.2 Å². The molecule has 174 valence electrons. The molecular weight excluding hydrogens is 432 g/mol. The smallest absolute Gasteiger partial charge is 0.411 e. The highest BCUT2D eigenvalue weighted by atomic mass is 32.1. The number of hydrogen-bond donors (Lipinski definition) is 2. The van der Waals surface area contributed by atoms with Crippen molar-refractivity contribution in [1.29, 1.82) is 0 Å².